The molecule has 0 saturated heterocycles. The van der Waals surface area contributed by atoms with E-state index < -0.39 is 0 Å². The number of aliphatic hydroxyl groups excluding tert-OH is 1. The van der Waals surface area contributed by atoms with Crippen LogP contribution in [0.3, 0.4) is 0 Å². The van der Waals surface area contributed by atoms with Crippen molar-refractivity contribution in [1.82, 2.24) is 15.1 Å². The van der Waals surface area contributed by atoms with Crippen LogP contribution >= 0.6 is 0 Å². The van der Waals surface area contributed by atoms with Crippen LogP contribution in [-0.4, -0.2) is 40.6 Å². The third-order valence-corrected chi connectivity index (χ3v) is 3.10. The van der Waals surface area contributed by atoms with Crippen LogP contribution in [0.15, 0.2) is 36.5 Å². The first-order valence-electron chi connectivity index (χ1n) is 6.76. The molecule has 112 valence electrons. The van der Waals surface area contributed by atoms with E-state index in [4.69, 9.17) is 9.84 Å². The Morgan fingerprint density at radius 2 is 2.10 bits per heavy atom. The lowest BCUT2D eigenvalue weighted by Gasteiger charge is -2.10. The van der Waals surface area contributed by atoms with Gasteiger partial charge in [-0.3, -0.25) is 4.79 Å². The number of carbonyl (C=O) groups is 1. The highest BCUT2D eigenvalue weighted by atomic mass is 16.5. The van der Waals surface area contributed by atoms with Gasteiger partial charge in [0, 0.05) is 18.8 Å². The molecule has 2 aromatic rings. The number of amides is 1. The predicted octanol–water partition coefficient (Wildman–Crippen LogP) is 1.38. The monoisotopic (exact) mass is 289 g/mol. The molecule has 1 aromatic heterocycles. The van der Waals surface area contributed by atoms with Gasteiger partial charge in [0.15, 0.2) is 5.69 Å². The van der Waals surface area contributed by atoms with Gasteiger partial charge in [-0.2, -0.15) is 5.10 Å². The number of hydrogen-bond donors (Lipinski definition) is 2. The minimum Gasteiger partial charge on any atom is -0.497 e. The molecule has 0 radical (unpaired) electrons. The van der Waals surface area contributed by atoms with E-state index in [0.29, 0.717) is 12.1 Å². The highest BCUT2D eigenvalue weighted by Gasteiger charge is 2.12. The number of rotatable bonds is 6. The van der Waals surface area contributed by atoms with Gasteiger partial charge in [0.05, 0.1) is 12.8 Å². The Labute approximate surface area is 123 Å². The first-order chi connectivity index (χ1) is 10.1. The van der Waals surface area contributed by atoms with E-state index in [1.807, 2.05) is 31.2 Å². The van der Waals surface area contributed by atoms with E-state index in [0.717, 1.165) is 11.4 Å². The van der Waals surface area contributed by atoms with Gasteiger partial charge in [-0.1, -0.05) is 0 Å². The van der Waals surface area contributed by atoms with Crippen LogP contribution < -0.4 is 10.1 Å². The van der Waals surface area contributed by atoms with Gasteiger partial charge in [0.1, 0.15) is 5.75 Å². The highest BCUT2D eigenvalue weighted by Crippen LogP contribution is 2.14. The van der Waals surface area contributed by atoms with Crippen molar-refractivity contribution < 1.29 is 14.6 Å². The Morgan fingerprint density at radius 1 is 1.38 bits per heavy atom. The quantitative estimate of drug-likeness (QED) is 0.842. The highest BCUT2D eigenvalue weighted by molar-refractivity contribution is 5.92. The van der Waals surface area contributed by atoms with Crippen LogP contribution in [0.4, 0.5) is 0 Å². The summed E-state index contributed by atoms with van der Waals surface area (Å²) in [6.07, 6.45) is 2.25. The Hall–Kier alpha value is -2.34. The summed E-state index contributed by atoms with van der Waals surface area (Å²) in [5, 5.41) is 15.9. The number of nitrogens with zero attached hydrogens (tertiary/aromatic N) is 2. The molecule has 0 bridgehead atoms. The Bertz CT molecular complexity index is 592. The first kappa shape index (κ1) is 15.1. The second-order valence-electron chi connectivity index (χ2n) is 4.73. The molecule has 0 aliphatic rings. The molecule has 1 heterocycles. The molecule has 0 aliphatic heterocycles. The van der Waals surface area contributed by atoms with E-state index in [-0.39, 0.29) is 18.6 Å². The molecule has 1 unspecified atom stereocenters. The van der Waals surface area contributed by atoms with Crippen LogP contribution in [0.2, 0.25) is 0 Å². The van der Waals surface area contributed by atoms with Gasteiger partial charge >= 0.3 is 0 Å². The van der Waals surface area contributed by atoms with E-state index in [2.05, 4.69) is 10.4 Å². The maximum atomic E-state index is 12.0. The van der Waals surface area contributed by atoms with E-state index >= 15 is 0 Å². The number of carbonyl (C=O) groups excluding carboxylic acids is 1. The zero-order valence-electron chi connectivity index (χ0n) is 12.1. The molecule has 1 amide bonds. The maximum absolute atomic E-state index is 12.0. The maximum Gasteiger partial charge on any atom is 0.271 e. The van der Waals surface area contributed by atoms with Crippen molar-refractivity contribution in [3.8, 4) is 11.4 Å². The molecule has 0 saturated carbocycles. The topological polar surface area (TPSA) is 76.4 Å². The lowest BCUT2D eigenvalue weighted by molar-refractivity contribution is 0.0929. The van der Waals surface area contributed by atoms with Crippen molar-refractivity contribution in [2.75, 3.05) is 13.7 Å². The molecule has 21 heavy (non-hydrogen) atoms. The normalized spacial score (nSPS) is 12.0. The second-order valence-corrected chi connectivity index (χ2v) is 4.73. The number of nitrogens with one attached hydrogen (secondary N) is 1. The first-order valence-corrected chi connectivity index (χ1v) is 6.76. The predicted molar refractivity (Wildman–Crippen MR) is 78.7 cm³/mol. The average Bonchev–Trinajstić information content (AvgIpc) is 2.97. The third-order valence-electron chi connectivity index (χ3n) is 3.10. The molecule has 2 rings (SSSR count). The van der Waals surface area contributed by atoms with Gasteiger partial charge in [-0.25, -0.2) is 4.68 Å². The smallest absolute Gasteiger partial charge is 0.271 e. The van der Waals surface area contributed by atoms with Crippen LogP contribution in [0, 0.1) is 0 Å². The van der Waals surface area contributed by atoms with Gasteiger partial charge in [0.25, 0.3) is 5.91 Å². The number of hydrogen-bond acceptors (Lipinski definition) is 4. The van der Waals surface area contributed by atoms with Crippen molar-refractivity contribution in [2.24, 2.45) is 0 Å². The van der Waals surface area contributed by atoms with Crippen LogP contribution in [0.5, 0.6) is 5.75 Å². The van der Waals surface area contributed by atoms with Gasteiger partial charge in [-0.15, -0.1) is 0 Å². The van der Waals surface area contributed by atoms with Gasteiger partial charge < -0.3 is 15.2 Å². The molecule has 0 aliphatic carbocycles. The standard InChI is InChI=1S/C15H19N3O3/c1-11(8-10-19)16-15(20)14-7-9-18(17-14)12-3-5-13(21-2)6-4-12/h3-7,9,11,19H,8,10H2,1-2H3,(H,16,20). The van der Waals surface area contributed by atoms with Crippen molar-refractivity contribution >= 4 is 5.91 Å². The third kappa shape index (κ3) is 3.82. The minimum atomic E-state index is -0.247. The number of benzene rings is 1. The van der Waals surface area contributed by atoms with Crippen LogP contribution in [0.25, 0.3) is 5.69 Å². The summed E-state index contributed by atoms with van der Waals surface area (Å²) >= 11 is 0. The molecule has 6 heteroatoms. The number of ether oxygens (including phenoxy) is 1. The summed E-state index contributed by atoms with van der Waals surface area (Å²) in [4.78, 5) is 12.0. The fraction of sp³-hybridized carbons (Fsp3) is 0.333. The van der Waals surface area contributed by atoms with E-state index in [1.165, 1.54) is 0 Å². The lowest BCUT2D eigenvalue weighted by atomic mass is 10.2. The molecule has 1 aromatic carbocycles. The molecule has 2 N–H and O–H groups in total. The van der Waals surface area contributed by atoms with Crippen molar-refractivity contribution in [2.45, 2.75) is 19.4 Å². The van der Waals surface area contributed by atoms with Gasteiger partial charge in [0.2, 0.25) is 0 Å². The molecule has 0 fully saturated rings. The van der Waals surface area contributed by atoms with Gasteiger partial charge in [-0.05, 0) is 43.7 Å². The SMILES string of the molecule is COc1ccc(-n2ccc(C(=O)NC(C)CCO)n2)cc1. The Morgan fingerprint density at radius 3 is 2.71 bits per heavy atom. The Kier molecular flexibility index (Phi) is 4.94. The fourth-order valence-corrected chi connectivity index (χ4v) is 1.89. The summed E-state index contributed by atoms with van der Waals surface area (Å²) in [5.41, 5.74) is 1.19. The number of aromatic nitrogens is 2. The fourth-order valence-electron chi connectivity index (χ4n) is 1.89. The Balaban J connectivity index is 2.08. The minimum absolute atomic E-state index is 0.0434. The average molecular weight is 289 g/mol. The van der Waals surface area contributed by atoms with Crippen LogP contribution in [-0.2, 0) is 0 Å². The summed E-state index contributed by atoms with van der Waals surface area (Å²) in [7, 11) is 1.61. The number of aliphatic hydroxyl groups is 1. The van der Waals surface area contributed by atoms with Crippen molar-refractivity contribution in [3.63, 3.8) is 0 Å². The van der Waals surface area contributed by atoms with E-state index in [1.54, 1.807) is 24.1 Å². The van der Waals surface area contributed by atoms with Crippen LogP contribution in [0.1, 0.15) is 23.8 Å². The number of methoxy groups -OCH3 is 1. The molecule has 6 nitrogen and oxygen atoms in total. The summed E-state index contributed by atoms with van der Waals surface area (Å²) < 4.78 is 6.73. The van der Waals surface area contributed by atoms with Crippen molar-refractivity contribution in [1.29, 1.82) is 0 Å². The van der Waals surface area contributed by atoms with Crippen molar-refractivity contribution in [3.05, 3.63) is 42.2 Å². The zero-order valence-corrected chi connectivity index (χ0v) is 12.1. The summed E-state index contributed by atoms with van der Waals surface area (Å²) in [6, 6.07) is 8.96. The summed E-state index contributed by atoms with van der Waals surface area (Å²) in [6.45, 7) is 1.89. The lowest BCUT2D eigenvalue weighted by Crippen LogP contribution is -2.33. The molecular formula is C15H19N3O3. The largest absolute Gasteiger partial charge is 0.497 e. The molecule has 1 atom stereocenters. The van der Waals surface area contributed by atoms with E-state index in [9.17, 15) is 4.79 Å². The second kappa shape index (κ2) is 6.90. The molecular weight excluding hydrogens is 270 g/mol. The summed E-state index contributed by atoms with van der Waals surface area (Å²) in [5.74, 6) is 0.518. The zero-order chi connectivity index (χ0) is 15.2. The molecule has 0 spiro atoms.